The molecule has 0 amide bonds. The van der Waals surface area contributed by atoms with Gasteiger partial charge in [-0.15, -0.1) is 0 Å². The van der Waals surface area contributed by atoms with Crippen molar-refractivity contribution in [2.75, 3.05) is 26.3 Å². The van der Waals surface area contributed by atoms with Crippen LogP contribution in [-0.2, 0) is 21.2 Å². The average Bonchev–Trinajstić information content (AvgIpc) is 3.31. The molecule has 2 aromatic heterocycles. The number of hydrogen-bond acceptors (Lipinski definition) is 5. The molecule has 0 aliphatic carbocycles. The van der Waals surface area contributed by atoms with Crippen molar-refractivity contribution in [1.29, 1.82) is 0 Å². The second kappa shape index (κ2) is 9.46. The monoisotopic (exact) mass is 498 g/mol. The molecule has 1 fully saturated rings. The standard InChI is InChI=1S/C25H24F2N4O3S/c26-18-11-16(12-19(27)14-18)13-22(28)25-21(15-24-23(30-25)5-6-29-24)17-1-3-20(4-2-17)35(32,33)31-7-9-34-10-8-31/h1-6,11-12,14-15,22,29H,7-10,13,28H2/t22-/m0/s1. The minimum Gasteiger partial charge on any atom is -0.379 e. The Labute approximate surface area is 201 Å². The number of nitrogens with zero attached hydrogens (tertiary/aromatic N) is 2. The van der Waals surface area contributed by atoms with Gasteiger partial charge in [-0.25, -0.2) is 22.2 Å². The predicted octanol–water partition coefficient (Wildman–Crippen LogP) is 3.77. The summed E-state index contributed by atoms with van der Waals surface area (Å²) in [4.78, 5) is 8.03. The van der Waals surface area contributed by atoms with Gasteiger partial charge < -0.3 is 15.5 Å². The maximum Gasteiger partial charge on any atom is 0.243 e. The lowest BCUT2D eigenvalue weighted by Gasteiger charge is -2.26. The first-order valence-electron chi connectivity index (χ1n) is 11.2. The number of benzene rings is 2. The molecule has 0 radical (unpaired) electrons. The van der Waals surface area contributed by atoms with E-state index in [0.29, 0.717) is 48.6 Å². The zero-order valence-electron chi connectivity index (χ0n) is 18.7. The number of aromatic nitrogens is 2. The van der Waals surface area contributed by atoms with E-state index in [9.17, 15) is 17.2 Å². The van der Waals surface area contributed by atoms with Crippen LogP contribution >= 0.6 is 0 Å². The lowest BCUT2D eigenvalue weighted by molar-refractivity contribution is 0.0730. The molecule has 7 nitrogen and oxygen atoms in total. The van der Waals surface area contributed by atoms with Gasteiger partial charge in [-0.05, 0) is 53.9 Å². The van der Waals surface area contributed by atoms with Crippen molar-refractivity contribution >= 4 is 21.1 Å². The molecular formula is C25H24F2N4O3S. The van der Waals surface area contributed by atoms with Crippen LogP contribution < -0.4 is 5.73 Å². The number of ether oxygens (including phenoxy) is 1. The Kier molecular flexibility index (Phi) is 6.37. The van der Waals surface area contributed by atoms with Crippen molar-refractivity contribution in [1.82, 2.24) is 14.3 Å². The van der Waals surface area contributed by atoms with E-state index in [1.54, 1.807) is 30.5 Å². The normalized spacial score (nSPS) is 16.0. The van der Waals surface area contributed by atoms with E-state index in [1.807, 2.05) is 12.1 Å². The van der Waals surface area contributed by atoms with Crippen LogP contribution in [0.25, 0.3) is 22.2 Å². The van der Waals surface area contributed by atoms with Crippen molar-refractivity contribution in [2.24, 2.45) is 5.73 Å². The number of aromatic amines is 1. The highest BCUT2D eigenvalue weighted by molar-refractivity contribution is 7.89. The number of sulfonamides is 1. The molecule has 0 saturated carbocycles. The summed E-state index contributed by atoms with van der Waals surface area (Å²) in [6.07, 6.45) is 1.94. The van der Waals surface area contributed by atoms with E-state index in [2.05, 4.69) is 4.98 Å². The SMILES string of the molecule is N[C@@H](Cc1cc(F)cc(F)c1)c1nc2cc[nH]c2cc1-c1ccc(S(=O)(=O)N2CCOCC2)cc1. The van der Waals surface area contributed by atoms with Gasteiger partial charge >= 0.3 is 0 Å². The molecule has 182 valence electrons. The van der Waals surface area contributed by atoms with E-state index in [-0.39, 0.29) is 11.3 Å². The number of halogens is 2. The lowest BCUT2D eigenvalue weighted by atomic mass is 9.95. The predicted molar refractivity (Wildman–Crippen MR) is 128 cm³/mol. The van der Waals surface area contributed by atoms with Crippen molar-refractivity contribution < 1.29 is 21.9 Å². The van der Waals surface area contributed by atoms with Crippen molar-refractivity contribution in [3.05, 3.63) is 83.7 Å². The number of fused-ring (bicyclic) bond motifs is 1. The van der Waals surface area contributed by atoms with E-state index < -0.39 is 27.7 Å². The maximum absolute atomic E-state index is 13.7. The number of pyridine rings is 1. The summed E-state index contributed by atoms with van der Waals surface area (Å²) < 4.78 is 60.0. The number of morpholine rings is 1. The Morgan fingerprint density at radius 2 is 1.71 bits per heavy atom. The Bertz CT molecular complexity index is 1450. The summed E-state index contributed by atoms with van der Waals surface area (Å²) in [5, 5.41) is 0. The lowest BCUT2D eigenvalue weighted by Crippen LogP contribution is -2.40. The molecule has 10 heteroatoms. The smallest absolute Gasteiger partial charge is 0.243 e. The molecule has 1 atom stereocenters. The molecule has 35 heavy (non-hydrogen) atoms. The van der Waals surface area contributed by atoms with Gasteiger partial charge in [0.25, 0.3) is 0 Å². The van der Waals surface area contributed by atoms with Crippen LogP contribution in [0.1, 0.15) is 17.3 Å². The molecule has 1 aliphatic rings. The maximum atomic E-state index is 13.7. The molecule has 0 unspecified atom stereocenters. The van der Waals surface area contributed by atoms with Crippen LogP contribution in [-0.4, -0.2) is 49.0 Å². The van der Waals surface area contributed by atoms with Gasteiger partial charge in [0.15, 0.2) is 0 Å². The van der Waals surface area contributed by atoms with Crippen LogP contribution in [0.4, 0.5) is 8.78 Å². The first-order valence-corrected chi connectivity index (χ1v) is 12.6. The molecule has 4 aromatic rings. The highest BCUT2D eigenvalue weighted by Gasteiger charge is 2.26. The average molecular weight is 499 g/mol. The fourth-order valence-corrected chi connectivity index (χ4v) is 5.74. The van der Waals surface area contributed by atoms with E-state index in [1.165, 1.54) is 16.4 Å². The summed E-state index contributed by atoms with van der Waals surface area (Å²) in [5.41, 5.74) is 10.4. The molecule has 3 N–H and O–H groups in total. The highest BCUT2D eigenvalue weighted by atomic mass is 32.2. The first-order chi connectivity index (χ1) is 16.8. The minimum atomic E-state index is -3.63. The Morgan fingerprint density at radius 1 is 1.03 bits per heavy atom. The van der Waals surface area contributed by atoms with Crippen LogP contribution in [0, 0.1) is 11.6 Å². The summed E-state index contributed by atoms with van der Waals surface area (Å²) in [5.74, 6) is -1.34. The van der Waals surface area contributed by atoms with E-state index in [0.717, 1.165) is 17.1 Å². The molecule has 3 heterocycles. The number of nitrogens with one attached hydrogen (secondary N) is 1. The summed E-state index contributed by atoms with van der Waals surface area (Å²) in [6.45, 7) is 1.37. The largest absolute Gasteiger partial charge is 0.379 e. The summed E-state index contributed by atoms with van der Waals surface area (Å²) in [7, 11) is -3.63. The van der Waals surface area contributed by atoms with Gasteiger partial charge in [0.2, 0.25) is 10.0 Å². The summed E-state index contributed by atoms with van der Waals surface area (Å²) in [6, 6.07) is 13.0. The Hall–Kier alpha value is -3.18. The fourth-order valence-electron chi connectivity index (χ4n) is 4.33. The van der Waals surface area contributed by atoms with E-state index >= 15 is 0 Å². The van der Waals surface area contributed by atoms with Gasteiger partial charge in [-0.2, -0.15) is 4.31 Å². The zero-order valence-corrected chi connectivity index (χ0v) is 19.6. The van der Waals surface area contributed by atoms with Crippen LogP contribution in [0.3, 0.4) is 0 Å². The van der Waals surface area contributed by atoms with Gasteiger partial charge in [0.1, 0.15) is 11.6 Å². The minimum absolute atomic E-state index is 0.175. The number of rotatable bonds is 6. The molecule has 5 rings (SSSR count). The fraction of sp³-hybridized carbons (Fsp3) is 0.240. The van der Waals surface area contributed by atoms with Crippen LogP contribution in [0.15, 0.2) is 65.7 Å². The third-order valence-electron chi connectivity index (χ3n) is 6.06. The number of hydrogen-bond donors (Lipinski definition) is 2. The zero-order chi connectivity index (χ0) is 24.6. The molecule has 0 spiro atoms. The molecule has 2 aromatic carbocycles. The number of nitrogens with two attached hydrogens (primary N) is 1. The number of H-pyrrole nitrogens is 1. The van der Waals surface area contributed by atoms with Gasteiger partial charge in [-0.1, -0.05) is 12.1 Å². The molecule has 1 aliphatic heterocycles. The molecular weight excluding hydrogens is 474 g/mol. The second-order valence-corrected chi connectivity index (χ2v) is 10.4. The van der Waals surface area contributed by atoms with Crippen LogP contribution in [0.5, 0.6) is 0 Å². The van der Waals surface area contributed by atoms with Gasteiger partial charge in [0.05, 0.1) is 40.9 Å². The van der Waals surface area contributed by atoms with Crippen LogP contribution in [0.2, 0.25) is 0 Å². The van der Waals surface area contributed by atoms with E-state index in [4.69, 9.17) is 15.5 Å². The second-order valence-electron chi connectivity index (χ2n) is 8.46. The first kappa shape index (κ1) is 23.6. The van der Waals surface area contributed by atoms with Crippen molar-refractivity contribution in [2.45, 2.75) is 17.4 Å². The quantitative estimate of drug-likeness (QED) is 0.422. The highest BCUT2D eigenvalue weighted by Crippen LogP contribution is 2.32. The topological polar surface area (TPSA) is 101 Å². The molecule has 1 saturated heterocycles. The molecule has 0 bridgehead atoms. The third kappa shape index (κ3) is 4.83. The van der Waals surface area contributed by atoms with Gasteiger partial charge in [0, 0.05) is 30.9 Å². The Morgan fingerprint density at radius 3 is 2.40 bits per heavy atom. The van der Waals surface area contributed by atoms with Gasteiger partial charge in [-0.3, -0.25) is 0 Å². The summed E-state index contributed by atoms with van der Waals surface area (Å²) >= 11 is 0. The third-order valence-corrected chi connectivity index (χ3v) is 7.98. The Balaban J connectivity index is 1.50. The van der Waals surface area contributed by atoms with Crippen molar-refractivity contribution in [3.8, 4) is 11.1 Å². The van der Waals surface area contributed by atoms with Crippen molar-refractivity contribution in [3.63, 3.8) is 0 Å².